The molecule has 4 nitrogen and oxygen atoms in total. The van der Waals surface area contributed by atoms with E-state index in [0.29, 0.717) is 12.1 Å². The molecule has 0 saturated heterocycles. The first-order valence-electron chi connectivity index (χ1n) is 5.00. The van der Waals surface area contributed by atoms with E-state index in [1.54, 1.807) is 31.5 Å². The molecule has 1 heterocycles. The van der Waals surface area contributed by atoms with Crippen molar-refractivity contribution in [3.8, 4) is 0 Å². The molecule has 0 bridgehead atoms. The first-order chi connectivity index (χ1) is 7.11. The van der Waals surface area contributed by atoms with Gasteiger partial charge in [-0.1, -0.05) is 13.0 Å². The van der Waals surface area contributed by atoms with Gasteiger partial charge in [0.05, 0.1) is 0 Å². The SMILES string of the molecule is CCCNC(C)(C(=O)O)c1cccnc1. The summed E-state index contributed by atoms with van der Waals surface area (Å²) in [6.07, 6.45) is 4.10. The fourth-order valence-corrected chi connectivity index (χ4v) is 1.33. The number of carbonyl (C=O) groups is 1. The molecule has 1 rings (SSSR count). The molecule has 82 valence electrons. The van der Waals surface area contributed by atoms with Gasteiger partial charge < -0.3 is 5.11 Å². The van der Waals surface area contributed by atoms with Gasteiger partial charge >= 0.3 is 5.97 Å². The van der Waals surface area contributed by atoms with Crippen molar-refractivity contribution in [3.63, 3.8) is 0 Å². The Bertz CT molecular complexity index is 327. The normalized spacial score (nSPS) is 14.5. The molecule has 1 unspecified atom stereocenters. The molecule has 1 aromatic rings. The minimum atomic E-state index is -1.05. The van der Waals surface area contributed by atoms with Crippen LogP contribution in [0.2, 0.25) is 0 Å². The molecule has 0 amide bonds. The van der Waals surface area contributed by atoms with Crippen molar-refractivity contribution < 1.29 is 9.90 Å². The summed E-state index contributed by atoms with van der Waals surface area (Å²) in [5.74, 6) is -0.885. The summed E-state index contributed by atoms with van der Waals surface area (Å²) in [5.41, 5.74) is -0.379. The highest BCUT2D eigenvalue weighted by atomic mass is 16.4. The van der Waals surface area contributed by atoms with Crippen LogP contribution in [0, 0.1) is 0 Å². The molecular formula is C11H16N2O2. The molecule has 0 fully saturated rings. The smallest absolute Gasteiger partial charge is 0.328 e. The lowest BCUT2D eigenvalue weighted by Crippen LogP contribution is -2.47. The number of rotatable bonds is 5. The largest absolute Gasteiger partial charge is 0.480 e. The topological polar surface area (TPSA) is 62.2 Å². The third-order valence-corrected chi connectivity index (χ3v) is 2.40. The molecule has 0 aromatic carbocycles. The molecule has 4 heteroatoms. The summed E-state index contributed by atoms with van der Waals surface area (Å²) in [6, 6.07) is 3.51. The van der Waals surface area contributed by atoms with Crippen LogP contribution in [0.25, 0.3) is 0 Å². The Kier molecular flexibility index (Phi) is 3.80. The third kappa shape index (κ3) is 2.53. The minimum Gasteiger partial charge on any atom is -0.480 e. The maximum atomic E-state index is 11.2. The Labute approximate surface area is 89.3 Å². The fraction of sp³-hybridized carbons (Fsp3) is 0.455. The van der Waals surface area contributed by atoms with Crippen LogP contribution < -0.4 is 5.32 Å². The van der Waals surface area contributed by atoms with E-state index in [9.17, 15) is 9.90 Å². The van der Waals surface area contributed by atoms with Gasteiger partial charge in [-0.25, -0.2) is 4.79 Å². The highest BCUT2D eigenvalue weighted by Gasteiger charge is 2.34. The Morgan fingerprint density at radius 1 is 1.67 bits per heavy atom. The molecule has 0 spiro atoms. The average Bonchev–Trinajstić information content (AvgIpc) is 2.27. The number of carboxylic acid groups (broad SMARTS) is 1. The van der Waals surface area contributed by atoms with E-state index in [2.05, 4.69) is 10.3 Å². The van der Waals surface area contributed by atoms with E-state index >= 15 is 0 Å². The van der Waals surface area contributed by atoms with Crippen molar-refractivity contribution >= 4 is 5.97 Å². The summed E-state index contributed by atoms with van der Waals surface area (Å²) in [5, 5.41) is 12.2. The van der Waals surface area contributed by atoms with E-state index in [0.717, 1.165) is 6.42 Å². The summed E-state index contributed by atoms with van der Waals surface area (Å²) in [4.78, 5) is 15.2. The maximum absolute atomic E-state index is 11.2. The zero-order chi connectivity index (χ0) is 11.3. The number of hydrogen-bond acceptors (Lipinski definition) is 3. The van der Waals surface area contributed by atoms with Gasteiger partial charge in [-0.15, -0.1) is 0 Å². The van der Waals surface area contributed by atoms with Crippen LogP contribution in [-0.2, 0) is 10.3 Å². The molecule has 0 aliphatic heterocycles. The Hall–Kier alpha value is -1.42. The number of pyridine rings is 1. The molecule has 0 aliphatic rings. The van der Waals surface area contributed by atoms with Gasteiger partial charge in [-0.3, -0.25) is 10.3 Å². The summed E-state index contributed by atoms with van der Waals surface area (Å²) in [7, 11) is 0. The monoisotopic (exact) mass is 208 g/mol. The third-order valence-electron chi connectivity index (χ3n) is 2.40. The number of nitrogens with one attached hydrogen (secondary N) is 1. The molecule has 1 aromatic heterocycles. The second-order valence-corrected chi connectivity index (χ2v) is 3.60. The molecule has 0 radical (unpaired) electrons. The standard InChI is InChI=1S/C11H16N2O2/c1-3-6-13-11(2,10(14)15)9-5-4-7-12-8-9/h4-5,7-8,13H,3,6H2,1-2H3,(H,14,15). The Morgan fingerprint density at radius 2 is 2.40 bits per heavy atom. The molecule has 1 atom stereocenters. The van der Waals surface area contributed by atoms with Crippen molar-refractivity contribution in [1.29, 1.82) is 0 Å². The second-order valence-electron chi connectivity index (χ2n) is 3.60. The van der Waals surface area contributed by atoms with Crippen LogP contribution in [0.5, 0.6) is 0 Å². The highest BCUT2D eigenvalue weighted by molar-refractivity contribution is 5.80. The van der Waals surface area contributed by atoms with Crippen LogP contribution in [0.15, 0.2) is 24.5 Å². The first kappa shape index (κ1) is 11.7. The molecule has 0 aliphatic carbocycles. The zero-order valence-corrected chi connectivity index (χ0v) is 9.03. The summed E-state index contributed by atoms with van der Waals surface area (Å²) >= 11 is 0. The number of nitrogens with zero attached hydrogens (tertiary/aromatic N) is 1. The zero-order valence-electron chi connectivity index (χ0n) is 9.03. The van der Waals surface area contributed by atoms with Gasteiger partial charge in [-0.2, -0.15) is 0 Å². The van der Waals surface area contributed by atoms with Crippen LogP contribution in [-0.4, -0.2) is 22.6 Å². The summed E-state index contributed by atoms with van der Waals surface area (Å²) in [6.45, 7) is 4.32. The predicted octanol–water partition coefficient (Wildman–Crippen LogP) is 1.38. The van der Waals surface area contributed by atoms with Gasteiger partial charge in [0.2, 0.25) is 0 Å². The van der Waals surface area contributed by atoms with E-state index in [1.165, 1.54) is 0 Å². The van der Waals surface area contributed by atoms with Crippen molar-refractivity contribution in [1.82, 2.24) is 10.3 Å². The second kappa shape index (κ2) is 4.89. The van der Waals surface area contributed by atoms with Crippen LogP contribution in [0.1, 0.15) is 25.8 Å². The van der Waals surface area contributed by atoms with Crippen LogP contribution in [0.4, 0.5) is 0 Å². The Morgan fingerprint density at radius 3 is 2.87 bits per heavy atom. The van der Waals surface area contributed by atoms with Crippen molar-refractivity contribution in [2.75, 3.05) is 6.54 Å². The minimum absolute atomic E-state index is 0.664. The number of aromatic nitrogens is 1. The molecule has 0 saturated carbocycles. The summed E-state index contributed by atoms with van der Waals surface area (Å²) < 4.78 is 0. The van der Waals surface area contributed by atoms with Crippen molar-refractivity contribution in [2.45, 2.75) is 25.8 Å². The van der Waals surface area contributed by atoms with Crippen LogP contribution in [0.3, 0.4) is 0 Å². The lowest BCUT2D eigenvalue weighted by atomic mass is 9.93. The van der Waals surface area contributed by atoms with Crippen molar-refractivity contribution in [2.24, 2.45) is 0 Å². The van der Waals surface area contributed by atoms with E-state index in [-0.39, 0.29) is 0 Å². The lowest BCUT2D eigenvalue weighted by Gasteiger charge is -2.26. The molecule has 2 N–H and O–H groups in total. The predicted molar refractivity (Wildman–Crippen MR) is 57.5 cm³/mol. The van der Waals surface area contributed by atoms with E-state index in [1.807, 2.05) is 6.92 Å². The Balaban J connectivity index is 2.96. The number of hydrogen-bond donors (Lipinski definition) is 2. The highest BCUT2D eigenvalue weighted by Crippen LogP contribution is 2.19. The van der Waals surface area contributed by atoms with Gasteiger partial charge in [0.15, 0.2) is 0 Å². The fourth-order valence-electron chi connectivity index (χ4n) is 1.33. The average molecular weight is 208 g/mol. The lowest BCUT2D eigenvalue weighted by molar-refractivity contribution is -0.144. The van der Waals surface area contributed by atoms with Gasteiger partial charge in [-0.05, 0) is 26.0 Å². The maximum Gasteiger partial charge on any atom is 0.328 e. The first-order valence-corrected chi connectivity index (χ1v) is 5.00. The van der Waals surface area contributed by atoms with Gasteiger partial charge in [0.1, 0.15) is 5.54 Å². The van der Waals surface area contributed by atoms with E-state index in [4.69, 9.17) is 0 Å². The van der Waals surface area contributed by atoms with E-state index < -0.39 is 11.5 Å². The molecule has 15 heavy (non-hydrogen) atoms. The number of carboxylic acids is 1. The van der Waals surface area contributed by atoms with Crippen molar-refractivity contribution in [3.05, 3.63) is 30.1 Å². The molecular weight excluding hydrogens is 192 g/mol. The van der Waals surface area contributed by atoms with Crippen LogP contribution >= 0.6 is 0 Å². The van der Waals surface area contributed by atoms with Gasteiger partial charge in [0, 0.05) is 18.0 Å². The quantitative estimate of drug-likeness (QED) is 0.767. The van der Waals surface area contributed by atoms with Gasteiger partial charge in [0.25, 0.3) is 0 Å². The number of aliphatic carboxylic acids is 1.